The molecule has 0 unspecified atom stereocenters. The van der Waals surface area contributed by atoms with Crippen molar-refractivity contribution < 1.29 is 52.0 Å². The van der Waals surface area contributed by atoms with E-state index in [1.807, 2.05) is 41.5 Å². The van der Waals surface area contributed by atoms with Crippen LogP contribution in [-0.4, -0.2) is 18.3 Å². The average Bonchev–Trinajstić information content (AvgIpc) is 1.80. The van der Waals surface area contributed by atoms with Crippen molar-refractivity contribution in [3.05, 3.63) is 0 Å². The van der Waals surface area contributed by atoms with E-state index in [4.69, 9.17) is 11.0 Å². The summed E-state index contributed by atoms with van der Waals surface area (Å²) in [6.45, 7) is 12.0. The normalized spacial score (nSPS) is 10.2. The van der Waals surface area contributed by atoms with Gasteiger partial charge < -0.3 is 24.8 Å². The Bertz CT molecular complexity index is 111. The molecular formula is C9H21Cl2O3V. The van der Waals surface area contributed by atoms with Crippen molar-refractivity contribution in [1.29, 1.82) is 0 Å². The summed E-state index contributed by atoms with van der Waals surface area (Å²) in [7, 11) is 0. The Morgan fingerprint density at radius 3 is 0.933 bits per heavy atom. The first-order valence-corrected chi connectivity index (χ1v) is 6.43. The summed E-state index contributed by atoms with van der Waals surface area (Å²) in [5, 5.41) is 0. The molecule has 0 saturated carbocycles. The molecular weight excluding hydrogens is 278 g/mol. The third-order valence-electron chi connectivity index (χ3n) is 0.891. The zero-order valence-electron chi connectivity index (χ0n) is 10.2. The van der Waals surface area contributed by atoms with Gasteiger partial charge in [0.1, 0.15) is 0 Å². The van der Waals surface area contributed by atoms with Gasteiger partial charge in [0, 0.05) is 0 Å². The van der Waals surface area contributed by atoms with Crippen molar-refractivity contribution in [2.24, 2.45) is 0 Å². The Morgan fingerprint density at radius 1 is 0.600 bits per heavy atom. The van der Waals surface area contributed by atoms with Crippen LogP contribution in [0, 0.1) is 0 Å². The maximum absolute atomic E-state index is 5.57. The Labute approximate surface area is 112 Å². The Hall–Kier alpha value is 1.04. The monoisotopic (exact) mass is 298 g/mol. The first kappa shape index (κ1) is 21.3. The van der Waals surface area contributed by atoms with Crippen LogP contribution in [0.4, 0.5) is 0 Å². The molecule has 0 radical (unpaired) electrons. The van der Waals surface area contributed by atoms with Gasteiger partial charge in [0.25, 0.3) is 0 Å². The van der Waals surface area contributed by atoms with E-state index in [1.54, 1.807) is 0 Å². The van der Waals surface area contributed by atoms with E-state index in [2.05, 4.69) is 0 Å². The zero-order chi connectivity index (χ0) is 10.4. The fourth-order valence-corrected chi connectivity index (χ4v) is 2.44. The van der Waals surface area contributed by atoms with E-state index in [-0.39, 0.29) is 43.1 Å². The number of rotatable bonds is 6. The number of hydrogen-bond donors (Lipinski definition) is 0. The Kier molecular flexibility index (Phi) is 16.4. The van der Waals surface area contributed by atoms with Crippen LogP contribution in [0.2, 0.25) is 0 Å². The Morgan fingerprint density at radius 2 is 0.800 bits per heavy atom. The smallest absolute Gasteiger partial charge is 1.00 e. The van der Waals surface area contributed by atoms with Gasteiger partial charge in [-0.1, -0.05) is 0 Å². The molecule has 15 heavy (non-hydrogen) atoms. The van der Waals surface area contributed by atoms with Gasteiger partial charge in [0.2, 0.25) is 0 Å². The molecule has 0 spiro atoms. The summed E-state index contributed by atoms with van der Waals surface area (Å²) in [6, 6.07) is 0. The van der Waals surface area contributed by atoms with Crippen molar-refractivity contribution in [3.8, 4) is 0 Å². The van der Waals surface area contributed by atoms with Crippen LogP contribution in [0.3, 0.4) is 0 Å². The molecule has 0 aromatic heterocycles. The maximum Gasteiger partial charge on any atom is -1.00 e. The summed E-state index contributed by atoms with van der Waals surface area (Å²) in [5.74, 6) is 0. The number of halogens is 2. The van der Waals surface area contributed by atoms with Gasteiger partial charge in [-0.15, -0.1) is 0 Å². The molecule has 0 aromatic carbocycles. The molecule has 0 N–H and O–H groups in total. The molecule has 0 heterocycles. The molecule has 94 valence electrons. The van der Waals surface area contributed by atoms with Crippen molar-refractivity contribution in [2.75, 3.05) is 0 Å². The minimum absolute atomic E-state index is 0. The molecule has 0 bridgehead atoms. The third kappa shape index (κ3) is 15.0. The third-order valence-corrected chi connectivity index (χ3v) is 3.67. The minimum atomic E-state index is -1.98. The molecule has 0 rings (SSSR count). The predicted molar refractivity (Wildman–Crippen MR) is 48.7 cm³/mol. The predicted octanol–water partition coefficient (Wildman–Crippen LogP) is -3.37. The van der Waals surface area contributed by atoms with Crippen LogP contribution < -0.4 is 24.8 Å². The first-order chi connectivity index (χ1) is 5.91. The number of hydrogen-bond acceptors (Lipinski definition) is 3. The van der Waals surface area contributed by atoms with E-state index >= 15 is 0 Å². The summed E-state index contributed by atoms with van der Waals surface area (Å²) in [4.78, 5) is 0. The van der Waals surface area contributed by atoms with Gasteiger partial charge in [0.15, 0.2) is 0 Å². The second-order valence-electron chi connectivity index (χ2n) is 3.69. The molecule has 6 heteroatoms. The fourth-order valence-electron chi connectivity index (χ4n) is 0.591. The molecule has 3 nitrogen and oxygen atoms in total. The standard InChI is InChI=1S/3C3H7O.2ClH.V/c3*1-3(2)4;;;/h3*3H,1-2H3;2*1H;/q3*-1;;;+5/p-2. The minimum Gasteiger partial charge on any atom is -1.00 e. The van der Waals surface area contributed by atoms with Crippen LogP contribution in [-0.2, 0) is 27.2 Å². The van der Waals surface area contributed by atoms with Gasteiger partial charge >= 0.3 is 87.1 Å². The van der Waals surface area contributed by atoms with Gasteiger partial charge in [-0.3, -0.25) is 0 Å². The van der Waals surface area contributed by atoms with Crippen molar-refractivity contribution in [3.63, 3.8) is 0 Å². The molecule has 0 aromatic rings. The van der Waals surface area contributed by atoms with E-state index in [9.17, 15) is 0 Å². The van der Waals surface area contributed by atoms with Gasteiger partial charge in [-0.2, -0.15) is 0 Å². The van der Waals surface area contributed by atoms with E-state index in [0.29, 0.717) is 0 Å². The second kappa shape index (κ2) is 11.5. The molecule has 0 aliphatic heterocycles. The summed E-state index contributed by atoms with van der Waals surface area (Å²) < 4.78 is 16.7. The Balaban J connectivity index is -0.000000720. The van der Waals surface area contributed by atoms with E-state index in [0.717, 1.165) is 0 Å². The molecule has 0 aliphatic rings. The summed E-state index contributed by atoms with van der Waals surface area (Å²) in [6.07, 6.45) is 0.535. The van der Waals surface area contributed by atoms with Crippen LogP contribution in [0.25, 0.3) is 0 Å². The second-order valence-corrected chi connectivity index (χ2v) is 5.37. The van der Waals surface area contributed by atoms with E-state index < -0.39 is 16.2 Å². The molecule has 0 saturated heterocycles. The molecule has 0 amide bonds. The van der Waals surface area contributed by atoms with Crippen LogP contribution >= 0.6 is 0 Å². The first-order valence-electron chi connectivity index (χ1n) is 4.72. The average molecular weight is 299 g/mol. The van der Waals surface area contributed by atoms with Crippen LogP contribution in [0.1, 0.15) is 41.5 Å². The van der Waals surface area contributed by atoms with Crippen molar-refractivity contribution in [1.82, 2.24) is 0 Å². The van der Waals surface area contributed by atoms with Crippen molar-refractivity contribution >= 4 is 0 Å². The summed E-state index contributed by atoms with van der Waals surface area (Å²) >= 11 is -1.98. The topological polar surface area (TPSA) is 27.7 Å². The zero-order valence-corrected chi connectivity index (χ0v) is 13.1. The molecule has 0 atom stereocenters. The fraction of sp³-hybridized carbons (Fsp3) is 1.00. The van der Waals surface area contributed by atoms with Gasteiger partial charge in [-0.05, 0) is 0 Å². The van der Waals surface area contributed by atoms with Gasteiger partial charge in [-0.25, -0.2) is 0 Å². The molecule has 0 fully saturated rings. The van der Waals surface area contributed by atoms with Gasteiger partial charge in [0.05, 0.1) is 0 Å². The summed E-state index contributed by atoms with van der Waals surface area (Å²) in [5.41, 5.74) is 0. The SMILES string of the molecule is CC(C)[O][V+2]([O]C(C)C)[O]C(C)C.[Cl-].[Cl-]. The maximum atomic E-state index is 5.57. The van der Waals surface area contributed by atoms with Crippen molar-refractivity contribution in [2.45, 2.75) is 59.9 Å². The van der Waals surface area contributed by atoms with Crippen LogP contribution in [0.5, 0.6) is 0 Å². The van der Waals surface area contributed by atoms with E-state index in [1.165, 1.54) is 0 Å². The largest absolute Gasteiger partial charge is 1.00 e. The molecule has 0 aliphatic carbocycles. The van der Waals surface area contributed by atoms with Crippen LogP contribution in [0.15, 0.2) is 0 Å². The quantitative estimate of drug-likeness (QED) is 0.513.